The quantitative estimate of drug-likeness (QED) is 0.800. The number of likely N-dealkylation sites (tertiary alicyclic amines) is 1. The van der Waals surface area contributed by atoms with Crippen LogP contribution in [0.3, 0.4) is 0 Å². The first-order chi connectivity index (χ1) is 10.2. The molecule has 0 aromatic heterocycles. The maximum Gasteiger partial charge on any atom is 0.225 e. The summed E-state index contributed by atoms with van der Waals surface area (Å²) in [4.78, 5) is 28.8. The van der Waals surface area contributed by atoms with Crippen molar-refractivity contribution in [2.45, 2.75) is 58.8 Å². The maximum absolute atomic E-state index is 12.5. The maximum atomic E-state index is 12.5. The number of hydrogen-bond donors (Lipinski definition) is 0. The van der Waals surface area contributed by atoms with E-state index in [1.54, 1.807) is 0 Å². The van der Waals surface area contributed by atoms with Crippen molar-refractivity contribution in [2.24, 2.45) is 11.8 Å². The van der Waals surface area contributed by atoms with Crippen molar-refractivity contribution < 1.29 is 9.59 Å². The minimum absolute atomic E-state index is 0.125. The van der Waals surface area contributed by atoms with Gasteiger partial charge in [0.15, 0.2) is 0 Å². The normalized spacial score (nSPS) is 21.3. The number of amides is 2. The smallest absolute Gasteiger partial charge is 0.225 e. The summed E-state index contributed by atoms with van der Waals surface area (Å²) < 4.78 is 0. The fourth-order valence-corrected chi connectivity index (χ4v) is 3.75. The average molecular weight is 294 g/mol. The number of piperidine rings is 1. The van der Waals surface area contributed by atoms with Crippen LogP contribution in [0.5, 0.6) is 0 Å². The van der Waals surface area contributed by atoms with E-state index >= 15 is 0 Å². The molecule has 0 bridgehead atoms. The number of rotatable bonds is 4. The van der Waals surface area contributed by atoms with Crippen LogP contribution in [0.1, 0.15) is 58.8 Å². The van der Waals surface area contributed by atoms with Gasteiger partial charge in [0.25, 0.3) is 0 Å². The van der Waals surface area contributed by atoms with Gasteiger partial charge < -0.3 is 9.80 Å². The molecule has 2 fully saturated rings. The first-order valence-corrected chi connectivity index (χ1v) is 8.74. The largest absolute Gasteiger partial charge is 0.343 e. The Morgan fingerprint density at radius 2 is 1.48 bits per heavy atom. The molecule has 120 valence electrons. The molecule has 2 rings (SSSR count). The van der Waals surface area contributed by atoms with Gasteiger partial charge >= 0.3 is 0 Å². The van der Waals surface area contributed by atoms with Crippen molar-refractivity contribution in [3.8, 4) is 0 Å². The second-order valence-electron chi connectivity index (χ2n) is 6.45. The Bertz CT molecular complexity index is 352. The third-order valence-electron chi connectivity index (χ3n) is 5.19. The average Bonchev–Trinajstić information content (AvgIpc) is 2.56. The van der Waals surface area contributed by atoms with Crippen molar-refractivity contribution in [1.82, 2.24) is 9.80 Å². The third-order valence-corrected chi connectivity index (χ3v) is 5.19. The summed E-state index contributed by atoms with van der Waals surface area (Å²) in [5.74, 6) is 1.02. The fraction of sp³-hybridized carbons (Fsp3) is 0.882. The van der Waals surface area contributed by atoms with Gasteiger partial charge in [-0.15, -0.1) is 0 Å². The van der Waals surface area contributed by atoms with Gasteiger partial charge in [-0.2, -0.15) is 0 Å². The summed E-state index contributed by atoms with van der Waals surface area (Å²) in [6, 6.07) is 0. The molecule has 1 heterocycles. The van der Waals surface area contributed by atoms with Crippen LogP contribution in [-0.4, -0.2) is 47.8 Å². The van der Waals surface area contributed by atoms with Crippen LogP contribution in [0.25, 0.3) is 0 Å². The highest BCUT2D eigenvalue weighted by Gasteiger charge is 2.32. The van der Waals surface area contributed by atoms with Crippen LogP contribution in [0.4, 0.5) is 0 Å². The molecule has 4 heteroatoms. The SMILES string of the molecule is CCN(CC)C(=O)C1CCN(C(=O)C2CCCCC2)CC1. The number of carbonyl (C=O) groups excluding carboxylic acids is 2. The summed E-state index contributed by atoms with van der Waals surface area (Å²) in [7, 11) is 0. The molecular formula is C17H30N2O2. The molecule has 0 aromatic rings. The Morgan fingerprint density at radius 3 is 2.00 bits per heavy atom. The summed E-state index contributed by atoms with van der Waals surface area (Å²) in [5.41, 5.74) is 0. The third kappa shape index (κ3) is 3.98. The predicted molar refractivity (Wildman–Crippen MR) is 83.8 cm³/mol. The Hall–Kier alpha value is -1.06. The van der Waals surface area contributed by atoms with Gasteiger partial charge in [0.05, 0.1) is 0 Å². The van der Waals surface area contributed by atoms with Gasteiger partial charge in [-0.05, 0) is 39.5 Å². The van der Waals surface area contributed by atoms with Gasteiger partial charge in [0.1, 0.15) is 0 Å². The number of hydrogen-bond acceptors (Lipinski definition) is 2. The van der Waals surface area contributed by atoms with Crippen LogP contribution in [0, 0.1) is 11.8 Å². The van der Waals surface area contributed by atoms with Gasteiger partial charge in [-0.1, -0.05) is 19.3 Å². The van der Waals surface area contributed by atoms with E-state index in [4.69, 9.17) is 0 Å². The van der Waals surface area contributed by atoms with E-state index in [1.165, 1.54) is 19.3 Å². The van der Waals surface area contributed by atoms with E-state index in [0.717, 1.165) is 51.9 Å². The van der Waals surface area contributed by atoms with E-state index in [-0.39, 0.29) is 17.7 Å². The van der Waals surface area contributed by atoms with Gasteiger partial charge in [0, 0.05) is 38.0 Å². The molecule has 1 saturated heterocycles. The van der Waals surface area contributed by atoms with E-state index in [1.807, 2.05) is 23.6 Å². The monoisotopic (exact) mass is 294 g/mol. The Kier molecular flexibility index (Phi) is 6.07. The predicted octanol–water partition coefficient (Wildman–Crippen LogP) is 2.67. The molecule has 0 aromatic carbocycles. The summed E-state index contributed by atoms with van der Waals surface area (Å²) in [6.07, 6.45) is 7.50. The molecule has 2 amide bonds. The molecule has 0 spiro atoms. The van der Waals surface area contributed by atoms with Crippen LogP contribution < -0.4 is 0 Å². The molecular weight excluding hydrogens is 264 g/mol. The van der Waals surface area contributed by atoms with Crippen molar-refractivity contribution in [2.75, 3.05) is 26.2 Å². The van der Waals surface area contributed by atoms with Gasteiger partial charge in [-0.3, -0.25) is 9.59 Å². The lowest BCUT2D eigenvalue weighted by atomic mass is 9.87. The second kappa shape index (κ2) is 7.81. The molecule has 1 aliphatic carbocycles. The number of nitrogens with zero attached hydrogens (tertiary/aromatic N) is 2. The van der Waals surface area contributed by atoms with Crippen molar-refractivity contribution in [1.29, 1.82) is 0 Å². The molecule has 21 heavy (non-hydrogen) atoms. The van der Waals surface area contributed by atoms with Crippen LogP contribution in [-0.2, 0) is 9.59 Å². The van der Waals surface area contributed by atoms with Crippen LogP contribution in [0.2, 0.25) is 0 Å². The van der Waals surface area contributed by atoms with E-state index < -0.39 is 0 Å². The molecule has 0 N–H and O–H groups in total. The van der Waals surface area contributed by atoms with Gasteiger partial charge in [0.2, 0.25) is 11.8 Å². The van der Waals surface area contributed by atoms with Gasteiger partial charge in [-0.25, -0.2) is 0 Å². The lowest BCUT2D eigenvalue weighted by Gasteiger charge is -2.36. The highest BCUT2D eigenvalue weighted by atomic mass is 16.2. The summed E-state index contributed by atoms with van der Waals surface area (Å²) in [6.45, 7) is 7.18. The van der Waals surface area contributed by atoms with Crippen molar-refractivity contribution in [3.63, 3.8) is 0 Å². The number of carbonyl (C=O) groups is 2. The minimum atomic E-state index is 0.125. The molecule has 1 aliphatic heterocycles. The van der Waals surface area contributed by atoms with E-state index in [2.05, 4.69) is 0 Å². The molecule has 1 saturated carbocycles. The topological polar surface area (TPSA) is 40.6 Å². The van der Waals surface area contributed by atoms with Crippen molar-refractivity contribution in [3.05, 3.63) is 0 Å². The lowest BCUT2D eigenvalue weighted by molar-refractivity contribution is -0.143. The highest BCUT2D eigenvalue weighted by Crippen LogP contribution is 2.28. The molecule has 4 nitrogen and oxygen atoms in total. The Labute approximate surface area is 128 Å². The zero-order valence-corrected chi connectivity index (χ0v) is 13.6. The van der Waals surface area contributed by atoms with Crippen LogP contribution in [0.15, 0.2) is 0 Å². The molecule has 0 unspecified atom stereocenters. The first-order valence-electron chi connectivity index (χ1n) is 8.74. The van der Waals surface area contributed by atoms with E-state index in [9.17, 15) is 9.59 Å². The Morgan fingerprint density at radius 1 is 0.905 bits per heavy atom. The molecule has 0 radical (unpaired) electrons. The molecule has 0 atom stereocenters. The van der Waals surface area contributed by atoms with Crippen molar-refractivity contribution >= 4 is 11.8 Å². The highest BCUT2D eigenvalue weighted by molar-refractivity contribution is 5.81. The second-order valence-corrected chi connectivity index (χ2v) is 6.45. The first kappa shape index (κ1) is 16.3. The summed E-state index contributed by atoms with van der Waals surface area (Å²) >= 11 is 0. The minimum Gasteiger partial charge on any atom is -0.343 e. The summed E-state index contributed by atoms with van der Waals surface area (Å²) in [5, 5.41) is 0. The standard InChI is InChI=1S/C17H30N2O2/c1-3-18(4-2)16(20)15-10-12-19(13-11-15)17(21)14-8-6-5-7-9-14/h14-15H,3-13H2,1-2H3. The molecule has 2 aliphatic rings. The fourth-order valence-electron chi connectivity index (χ4n) is 3.75. The van der Waals surface area contributed by atoms with Crippen LogP contribution >= 0.6 is 0 Å². The zero-order valence-electron chi connectivity index (χ0n) is 13.6. The lowest BCUT2D eigenvalue weighted by Crippen LogP contribution is -2.46. The van der Waals surface area contributed by atoms with E-state index in [0.29, 0.717) is 5.91 Å². The zero-order chi connectivity index (χ0) is 15.2. The Balaban J connectivity index is 1.82.